The molecule has 0 bridgehead atoms. The second-order valence-corrected chi connectivity index (χ2v) is 2.95. The maximum atomic E-state index is 9.51. The number of methoxy groups -OCH3 is 2. The van der Waals surface area contributed by atoms with Crippen LogP contribution in [0.2, 0.25) is 0 Å². The van der Waals surface area contributed by atoms with Gasteiger partial charge in [-0.2, -0.15) is 0 Å². The van der Waals surface area contributed by atoms with Gasteiger partial charge in [-0.25, -0.2) is 0 Å². The first-order valence-corrected chi connectivity index (χ1v) is 4.63. The molecule has 1 aromatic rings. The number of hydrogen-bond acceptors (Lipinski definition) is 4. The van der Waals surface area contributed by atoms with Crippen LogP contribution in [0.4, 0.5) is 0 Å². The first kappa shape index (κ1) is 11.5. The quantitative estimate of drug-likeness (QED) is 0.590. The number of rotatable bonds is 5. The molecule has 0 aliphatic rings. The predicted molar refractivity (Wildman–Crippen MR) is 59.0 cm³/mol. The third-order valence-corrected chi connectivity index (χ3v) is 1.89. The number of phenolic OH excluding ortho intramolecular Hbond substituents is 1. The van der Waals surface area contributed by atoms with E-state index in [1.54, 1.807) is 38.6 Å². The van der Waals surface area contributed by atoms with Crippen molar-refractivity contribution in [3.8, 4) is 11.5 Å². The maximum absolute atomic E-state index is 9.51. The summed E-state index contributed by atoms with van der Waals surface area (Å²) in [4.78, 5) is 4.10. The van der Waals surface area contributed by atoms with Crippen molar-refractivity contribution in [2.45, 2.75) is 0 Å². The second-order valence-electron chi connectivity index (χ2n) is 2.95. The van der Waals surface area contributed by atoms with Crippen LogP contribution in [0.1, 0.15) is 5.56 Å². The van der Waals surface area contributed by atoms with Crippen molar-refractivity contribution < 1.29 is 14.6 Å². The van der Waals surface area contributed by atoms with Gasteiger partial charge in [-0.15, -0.1) is 0 Å². The molecule has 0 aromatic heterocycles. The Bertz CT molecular complexity index is 337. The fourth-order valence-corrected chi connectivity index (χ4v) is 1.07. The number of phenols is 1. The van der Waals surface area contributed by atoms with Crippen LogP contribution in [0, 0.1) is 0 Å². The van der Waals surface area contributed by atoms with Crippen LogP contribution >= 0.6 is 0 Å². The zero-order chi connectivity index (χ0) is 11.1. The van der Waals surface area contributed by atoms with E-state index in [1.807, 2.05) is 0 Å². The molecule has 0 heterocycles. The van der Waals surface area contributed by atoms with Crippen molar-refractivity contribution in [2.24, 2.45) is 4.99 Å². The number of ether oxygens (including phenoxy) is 2. The highest BCUT2D eigenvalue weighted by atomic mass is 16.5. The zero-order valence-electron chi connectivity index (χ0n) is 8.93. The Hall–Kier alpha value is -1.55. The van der Waals surface area contributed by atoms with Crippen LogP contribution in [-0.4, -0.2) is 38.7 Å². The molecule has 1 aromatic carbocycles. The van der Waals surface area contributed by atoms with Crippen molar-refractivity contribution in [3.05, 3.63) is 23.8 Å². The van der Waals surface area contributed by atoms with Gasteiger partial charge in [0.25, 0.3) is 0 Å². The predicted octanol–water partition coefficient (Wildman–Crippen LogP) is 1.47. The van der Waals surface area contributed by atoms with Gasteiger partial charge in [0, 0.05) is 18.9 Å². The standard InChI is InChI=1S/C11H15NO3/c1-14-6-5-12-8-9-7-10(15-2)3-4-11(9)13/h3-4,7-8,13H,5-6H2,1-2H3. The van der Waals surface area contributed by atoms with Crippen molar-refractivity contribution in [1.82, 2.24) is 0 Å². The number of benzene rings is 1. The molecule has 0 saturated carbocycles. The van der Waals surface area contributed by atoms with Crippen LogP contribution in [0.25, 0.3) is 0 Å². The fourth-order valence-electron chi connectivity index (χ4n) is 1.07. The Morgan fingerprint density at radius 2 is 2.20 bits per heavy atom. The molecule has 0 fully saturated rings. The van der Waals surface area contributed by atoms with Crippen molar-refractivity contribution in [3.63, 3.8) is 0 Å². The molecule has 0 atom stereocenters. The van der Waals surface area contributed by atoms with Crippen LogP contribution in [-0.2, 0) is 4.74 Å². The van der Waals surface area contributed by atoms with E-state index in [-0.39, 0.29) is 5.75 Å². The number of aliphatic imine (C=N–C) groups is 1. The van der Waals surface area contributed by atoms with Gasteiger partial charge >= 0.3 is 0 Å². The SMILES string of the molecule is COCCN=Cc1cc(OC)ccc1O. The largest absolute Gasteiger partial charge is 0.507 e. The highest BCUT2D eigenvalue weighted by Gasteiger charge is 1.99. The van der Waals surface area contributed by atoms with Crippen molar-refractivity contribution in [2.75, 3.05) is 27.4 Å². The molecule has 0 aliphatic carbocycles. The van der Waals surface area contributed by atoms with Crippen LogP contribution in [0.5, 0.6) is 11.5 Å². The van der Waals surface area contributed by atoms with E-state index in [1.165, 1.54) is 0 Å². The molecular formula is C11H15NO3. The lowest BCUT2D eigenvalue weighted by Crippen LogP contribution is -1.94. The Labute approximate surface area is 89.2 Å². The van der Waals surface area contributed by atoms with Crippen LogP contribution in [0.15, 0.2) is 23.2 Å². The van der Waals surface area contributed by atoms with Gasteiger partial charge in [-0.3, -0.25) is 4.99 Å². The summed E-state index contributed by atoms with van der Waals surface area (Å²) >= 11 is 0. The average molecular weight is 209 g/mol. The minimum Gasteiger partial charge on any atom is -0.507 e. The van der Waals surface area contributed by atoms with Crippen molar-refractivity contribution in [1.29, 1.82) is 0 Å². The lowest BCUT2D eigenvalue weighted by Gasteiger charge is -2.02. The summed E-state index contributed by atoms with van der Waals surface area (Å²) in [6, 6.07) is 5.00. The molecule has 0 spiro atoms. The summed E-state index contributed by atoms with van der Waals surface area (Å²) in [5, 5.41) is 9.51. The summed E-state index contributed by atoms with van der Waals surface area (Å²) in [6.45, 7) is 1.15. The molecule has 0 aliphatic heterocycles. The monoisotopic (exact) mass is 209 g/mol. The average Bonchev–Trinajstić information content (AvgIpc) is 2.26. The van der Waals surface area contributed by atoms with Crippen LogP contribution < -0.4 is 4.74 Å². The Morgan fingerprint density at radius 3 is 2.87 bits per heavy atom. The third-order valence-electron chi connectivity index (χ3n) is 1.89. The van der Waals surface area contributed by atoms with E-state index in [4.69, 9.17) is 9.47 Å². The molecule has 0 amide bonds. The van der Waals surface area contributed by atoms with E-state index in [0.29, 0.717) is 24.5 Å². The molecular weight excluding hydrogens is 194 g/mol. The third kappa shape index (κ3) is 3.59. The number of hydrogen-bond donors (Lipinski definition) is 1. The van der Waals surface area contributed by atoms with Crippen molar-refractivity contribution >= 4 is 6.21 Å². The van der Waals surface area contributed by atoms with Gasteiger partial charge < -0.3 is 14.6 Å². The summed E-state index contributed by atoms with van der Waals surface area (Å²) in [7, 11) is 3.21. The van der Waals surface area contributed by atoms with E-state index in [0.717, 1.165) is 0 Å². The van der Waals surface area contributed by atoms with E-state index >= 15 is 0 Å². The van der Waals surface area contributed by atoms with Gasteiger partial charge in [0.2, 0.25) is 0 Å². The summed E-state index contributed by atoms with van der Waals surface area (Å²) in [5.41, 5.74) is 0.644. The Kier molecular flexibility index (Phi) is 4.63. The topological polar surface area (TPSA) is 51.0 Å². The molecule has 0 saturated heterocycles. The molecule has 1 N–H and O–H groups in total. The molecule has 0 unspecified atom stereocenters. The minimum atomic E-state index is 0.192. The molecule has 0 radical (unpaired) electrons. The van der Waals surface area contributed by atoms with E-state index < -0.39 is 0 Å². The summed E-state index contributed by atoms with van der Waals surface area (Å²) < 4.78 is 9.89. The normalized spacial score (nSPS) is 10.8. The molecule has 4 heteroatoms. The molecule has 82 valence electrons. The highest BCUT2D eigenvalue weighted by Crippen LogP contribution is 2.20. The first-order valence-electron chi connectivity index (χ1n) is 4.63. The van der Waals surface area contributed by atoms with E-state index in [9.17, 15) is 5.11 Å². The second kappa shape index (κ2) is 6.03. The first-order chi connectivity index (χ1) is 7.27. The Morgan fingerprint density at radius 1 is 1.40 bits per heavy atom. The lowest BCUT2D eigenvalue weighted by molar-refractivity contribution is 0.208. The van der Waals surface area contributed by atoms with E-state index in [2.05, 4.69) is 4.99 Å². The van der Waals surface area contributed by atoms with Gasteiger partial charge in [-0.05, 0) is 18.2 Å². The molecule has 4 nitrogen and oxygen atoms in total. The van der Waals surface area contributed by atoms with Gasteiger partial charge in [0.05, 0.1) is 20.3 Å². The lowest BCUT2D eigenvalue weighted by atomic mass is 10.2. The minimum absolute atomic E-state index is 0.192. The van der Waals surface area contributed by atoms with Gasteiger partial charge in [-0.1, -0.05) is 0 Å². The van der Waals surface area contributed by atoms with Crippen LogP contribution in [0.3, 0.4) is 0 Å². The molecule has 15 heavy (non-hydrogen) atoms. The maximum Gasteiger partial charge on any atom is 0.124 e. The number of aromatic hydroxyl groups is 1. The number of nitrogens with zero attached hydrogens (tertiary/aromatic N) is 1. The summed E-state index contributed by atoms with van der Waals surface area (Å²) in [6.07, 6.45) is 1.61. The highest BCUT2D eigenvalue weighted by molar-refractivity contribution is 5.84. The Balaban J connectivity index is 2.70. The summed E-state index contributed by atoms with van der Waals surface area (Å²) in [5.74, 6) is 0.887. The van der Waals surface area contributed by atoms with Gasteiger partial charge in [0.1, 0.15) is 11.5 Å². The smallest absolute Gasteiger partial charge is 0.124 e. The van der Waals surface area contributed by atoms with Gasteiger partial charge in [0.15, 0.2) is 0 Å². The molecule has 1 rings (SSSR count). The zero-order valence-corrected chi connectivity index (χ0v) is 8.93. The fraction of sp³-hybridized carbons (Fsp3) is 0.364.